The Morgan fingerprint density at radius 2 is 1.18 bits per heavy atom. The first-order chi connectivity index (χ1) is 26.4. The summed E-state index contributed by atoms with van der Waals surface area (Å²) in [4.78, 5) is 16.8. The van der Waals surface area contributed by atoms with Crippen LogP contribution in [0.15, 0.2) is 142 Å². The molecule has 0 amide bonds. The van der Waals surface area contributed by atoms with Gasteiger partial charge in [0.25, 0.3) is 0 Å². The first kappa shape index (κ1) is 38.9. The molecule has 4 aromatic heterocycles. The van der Waals surface area contributed by atoms with E-state index < -0.39 is 19.7 Å². The highest BCUT2D eigenvalue weighted by Crippen LogP contribution is 2.34. The van der Waals surface area contributed by atoms with Gasteiger partial charge in [0.15, 0.2) is 0 Å². The third-order valence-corrected chi connectivity index (χ3v) is 12.8. The summed E-state index contributed by atoms with van der Waals surface area (Å²) in [6, 6.07) is 25.2. The summed E-state index contributed by atoms with van der Waals surface area (Å²) in [7, 11) is -7.47. The summed E-state index contributed by atoms with van der Waals surface area (Å²) in [6.45, 7) is 7.94. The zero-order chi connectivity index (χ0) is 39.2. The lowest BCUT2D eigenvalue weighted by molar-refractivity contribution is 0.593. The van der Waals surface area contributed by atoms with Crippen molar-refractivity contribution < 1.29 is 16.8 Å². The van der Waals surface area contributed by atoms with Gasteiger partial charge in [-0.3, -0.25) is 15.1 Å². The average molecular weight is 793 g/mol. The maximum Gasteiger partial charge on any atom is 0.210 e. The molecule has 0 radical (unpaired) electrons. The minimum Gasteiger partial charge on any atom is -0.266 e. The number of fused-ring (bicyclic) bond motifs is 2. The van der Waals surface area contributed by atoms with E-state index >= 15 is 0 Å². The highest BCUT2D eigenvalue weighted by molar-refractivity contribution is 7.92. The minimum absolute atomic E-state index is 0.0431. The normalized spacial score (nSPS) is 11.4. The molecular weight excluding hydrogens is 756 g/mol. The minimum atomic E-state index is -3.78. The van der Waals surface area contributed by atoms with Gasteiger partial charge in [-0.05, 0) is 86.3 Å². The van der Waals surface area contributed by atoms with Crippen molar-refractivity contribution in [2.24, 2.45) is 0 Å². The molecule has 0 fully saturated rings. The van der Waals surface area contributed by atoms with Gasteiger partial charge in [-0.1, -0.05) is 73.0 Å². The average Bonchev–Trinajstić information content (AvgIpc) is 3.97. The number of aryl methyl sites for hydroxylation is 4. The van der Waals surface area contributed by atoms with Crippen molar-refractivity contribution >= 4 is 53.1 Å². The monoisotopic (exact) mass is 792 g/mol. The summed E-state index contributed by atoms with van der Waals surface area (Å²) in [5, 5.41) is 11.7. The second-order valence-corrected chi connectivity index (χ2v) is 16.7. The lowest BCUT2D eigenvalue weighted by Crippen LogP contribution is -2.10. The number of nitrogens with one attached hydrogen (secondary N) is 1. The van der Waals surface area contributed by atoms with Crippen molar-refractivity contribution in [1.82, 2.24) is 39.9 Å². The smallest absolute Gasteiger partial charge is 0.210 e. The number of sulfone groups is 2. The van der Waals surface area contributed by atoms with Crippen molar-refractivity contribution in [1.29, 1.82) is 0 Å². The van der Waals surface area contributed by atoms with Crippen LogP contribution in [-0.2, 0) is 32.5 Å². The fourth-order valence-electron chi connectivity index (χ4n) is 5.70. The van der Waals surface area contributed by atoms with E-state index in [2.05, 4.69) is 35.2 Å². The number of pyridine rings is 2. The molecule has 8 rings (SSSR count). The first-order valence-electron chi connectivity index (χ1n) is 17.2. The standard InChI is InChI=1S/C20H18N4O2S.C18H16ClNO2S.C2H3N3/c1-3-15-5-7-16(8-6-15)27(25,26)19-11-22-18-9-4-14(2)10-17(18)20(19)24-13-21-12-23-24;1-3-13-5-7-14(8-6-13)23(21,22)17-11-20-16-9-4-12(2)10-15(16)18(17)19;1-3-2-5-4-1/h4-13H,3H2,1-2H3;4-11H,3H2,1-2H3;1-2H,(H,3,4,5). The number of aromatic nitrogens is 8. The molecule has 4 heterocycles. The second-order valence-electron chi connectivity index (χ2n) is 12.4. The van der Waals surface area contributed by atoms with E-state index in [9.17, 15) is 16.8 Å². The van der Waals surface area contributed by atoms with Crippen molar-refractivity contribution in [3.05, 3.63) is 150 Å². The predicted molar refractivity (Wildman–Crippen MR) is 212 cm³/mol. The molecule has 280 valence electrons. The summed E-state index contributed by atoms with van der Waals surface area (Å²) >= 11 is 6.39. The Balaban J connectivity index is 0.000000167. The summed E-state index contributed by atoms with van der Waals surface area (Å²) in [5.74, 6) is 0. The third-order valence-electron chi connectivity index (χ3n) is 8.73. The highest BCUT2D eigenvalue weighted by atomic mass is 35.5. The molecule has 0 aliphatic carbocycles. The zero-order valence-corrected chi connectivity index (χ0v) is 32.8. The molecule has 0 saturated carbocycles. The lowest BCUT2D eigenvalue weighted by atomic mass is 10.1. The van der Waals surface area contributed by atoms with E-state index in [1.165, 1.54) is 42.4 Å². The fourth-order valence-corrected chi connectivity index (χ4v) is 8.89. The number of rotatable bonds is 7. The predicted octanol–water partition coefficient (Wildman–Crippen LogP) is 7.92. The second kappa shape index (κ2) is 16.7. The molecule has 0 unspecified atom stereocenters. The molecule has 8 aromatic rings. The molecule has 0 aliphatic rings. The van der Waals surface area contributed by atoms with Crippen LogP contribution in [0.5, 0.6) is 0 Å². The Kier molecular flexibility index (Phi) is 11.8. The molecule has 0 atom stereocenters. The summed E-state index contributed by atoms with van der Waals surface area (Å²) in [6.07, 6.45) is 10.3. The molecule has 1 N–H and O–H groups in total. The highest BCUT2D eigenvalue weighted by Gasteiger charge is 2.26. The zero-order valence-electron chi connectivity index (χ0n) is 30.4. The summed E-state index contributed by atoms with van der Waals surface area (Å²) < 4.78 is 54.0. The molecule has 0 aliphatic heterocycles. The van der Waals surface area contributed by atoms with E-state index in [-0.39, 0.29) is 24.6 Å². The van der Waals surface area contributed by atoms with Gasteiger partial charge in [-0.2, -0.15) is 10.2 Å². The van der Waals surface area contributed by atoms with Crippen LogP contribution < -0.4 is 0 Å². The quantitative estimate of drug-likeness (QED) is 0.168. The Labute approximate surface area is 324 Å². The number of hydrogen-bond acceptors (Lipinski definition) is 10. The first-order valence-corrected chi connectivity index (χ1v) is 20.5. The maximum atomic E-state index is 13.4. The van der Waals surface area contributed by atoms with Gasteiger partial charge < -0.3 is 0 Å². The molecule has 0 spiro atoms. The van der Waals surface area contributed by atoms with Crippen LogP contribution in [0, 0.1) is 13.8 Å². The topological polar surface area (TPSA) is 166 Å². The summed E-state index contributed by atoms with van der Waals surface area (Å²) in [5.41, 5.74) is 6.02. The number of benzene rings is 4. The molecule has 12 nitrogen and oxygen atoms in total. The van der Waals surface area contributed by atoms with Gasteiger partial charge in [0.2, 0.25) is 19.7 Å². The van der Waals surface area contributed by atoms with Crippen molar-refractivity contribution in [2.75, 3.05) is 0 Å². The number of nitrogens with zero attached hydrogens (tertiary/aromatic N) is 7. The van der Waals surface area contributed by atoms with Gasteiger partial charge in [0, 0.05) is 23.2 Å². The Morgan fingerprint density at radius 1 is 0.655 bits per heavy atom. The van der Waals surface area contributed by atoms with Gasteiger partial charge in [-0.15, -0.1) is 0 Å². The largest absolute Gasteiger partial charge is 0.266 e. The van der Waals surface area contributed by atoms with Gasteiger partial charge >= 0.3 is 0 Å². The molecular formula is C40H37ClN8O4S2. The molecule has 4 aromatic carbocycles. The molecule has 15 heteroatoms. The number of halogens is 1. The van der Waals surface area contributed by atoms with Crippen LogP contribution >= 0.6 is 11.6 Å². The molecule has 0 bridgehead atoms. The molecule has 55 heavy (non-hydrogen) atoms. The van der Waals surface area contributed by atoms with E-state index in [0.29, 0.717) is 27.5 Å². The van der Waals surface area contributed by atoms with E-state index in [1.807, 2.05) is 88.4 Å². The Bertz CT molecular complexity index is 2760. The van der Waals surface area contributed by atoms with Crippen LogP contribution in [0.1, 0.15) is 36.1 Å². The number of H-pyrrole nitrogens is 1. The number of hydrogen-bond donors (Lipinski definition) is 1. The van der Waals surface area contributed by atoms with Crippen LogP contribution in [0.25, 0.3) is 27.5 Å². The third kappa shape index (κ3) is 8.46. The van der Waals surface area contributed by atoms with Gasteiger partial charge in [0.05, 0.1) is 31.5 Å². The Hall–Kier alpha value is -5.83. The van der Waals surface area contributed by atoms with Gasteiger partial charge in [-0.25, -0.2) is 31.5 Å². The van der Waals surface area contributed by atoms with E-state index in [4.69, 9.17) is 11.6 Å². The number of aromatic amines is 1. The van der Waals surface area contributed by atoms with Gasteiger partial charge in [0.1, 0.15) is 35.1 Å². The van der Waals surface area contributed by atoms with E-state index in [1.54, 1.807) is 24.3 Å². The van der Waals surface area contributed by atoms with Crippen molar-refractivity contribution in [3.8, 4) is 5.69 Å². The van der Waals surface area contributed by atoms with Crippen LogP contribution in [-0.4, -0.2) is 56.7 Å². The lowest BCUT2D eigenvalue weighted by Gasteiger charge is -2.13. The van der Waals surface area contributed by atoms with Crippen molar-refractivity contribution in [3.63, 3.8) is 0 Å². The fraction of sp³-hybridized carbons (Fsp3) is 0.150. The van der Waals surface area contributed by atoms with E-state index in [0.717, 1.165) is 35.1 Å². The molecule has 0 saturated heterocycles. The van der Waals surface area contributed by atoms with Crippen molar-refractivity contribution in [2.45, 2.75) is 60.1 Å². The van der Waals surface area contributed by atoms with Crippen LogP contribution in [0.2, 0.25) is 5.02 Å². The SMILES string of the molecule is CCc1ccc(S(=O)(=O)c2cnc3ccc(C)cc3c2-n2cncn2)cc1.CCc1ccc(S(=O)(=O)c2cnc3ccc(C)cc3c2Cl)cc1.c1nc[nH]n1. The maximum absolute atomic E-state index is 13.4. The van der Waals surface area contributed by atoms with Crippen LogP contribution in [0.3, 0.4) is 0 Å². The Morgan fingerprint density at radius 3 is 1.65 bits per heavy atom. The van der Waals surface area contributed by atoms with Crippen LogP contribution in [0.4, 0.5) is 0 Å².